The second kappa shape index (κ2) is 9.33. The van der Waals surface area contributed by atoms with Crippen LogP contribution in [0.3, 0.4) is 0 Å². The number of rotatable bonds is 6. The van der Waals surface area contributed by atoms with Gasteiger partial charge in [0, 0.05) is 22.2 Å². The van der Waals surface area contributed by atoms with Crippen LogP contribution in [0.5, 0.6) is 5.75 Å². The molecule has 0 saturated carbocycles. The monoisotopic (exact) mass is 437 g/mol. The fourth-order valence-electron chi connectivity index (χ4n) is 4.35. The lowest BCUT2D eigenvalue weighted by Gasteiger charge is -2.18. The summed E-state index contributed by atoms with van der Waals surface area (Å²) in [6, 6.07) is 23.5. The molecule has 5 rings (SSSR count). The summed E-state index contributed by atoms with van der Waals surface area (Å²) in [5, 5.41) is 5.29. The average molecular weight is 438 g/mol. The van der Waals surface area contributed by atoms with Gasteiger partial charge in [0.25, 0.3) is 5.91 Å². The van der Waals surface area contributed by atoms with Gasteiger partial charge in [-0.15, -0.1) is 0 Å². The van der Waals surface area contributed by atoms with E-state index in [-0.39, 0.29) is 5.91 Å². The van der Waals surface area contributed by atoms with Crippen molar-refractivity contribution in [3.05, 3.63) is 101 Å². The number of nitrogens with zero attached hydrogens (tertiary/aromatic N) is 1. The SMILES string of the molecule is CC1CCc2[nH]c3ccc(C(=O)N/N=C\c4ccc(OCc5ccccc5)cc4)cc3c2C1. The van der Waals surface area contributed by atoms with E-state index in [9.17, 15) is 4.79 Å². The zero-order valence-corrected chi connectivity index (χ0v) is 18.7. The van der Waals surface area contributed by atoms with Gasteiger partial charge in [-0.1, -0.05) is 37.3 Å². The standard InChI is InChI=1S/C28H27N3O2/c1-19-7-13-26-24(15-19)25-16-22(10-14-27(25)30-26)28(32)31-29-17-20-8-11-23(12-9-20)33-18-21-5-3-2-4-6-21/h2-6,8-12,14,16-17,19,30H,7,13,15,18H2,1H3,(H,31,32)/b29-17-. The lowest BCUT2D eigenvalue weighted by atomic mass is 9.87. The topological polar surface area (TPSA) is 66.5 Å². The largest absolute Gasteiger partial charge is 0.489 e. The molecule has 4 aromatic rings. The van der Waals surface area contributed by atoms with E-state index >= 15 is 0 Å². The van der Waals surface area contributed by atoms with E-state index in [0.29, 0.717) is 18.1 Å². The highest BCUT2D eigenvalue weighted by Crippen LogP contribution is 2.32. The Morgan fingerprint density at radius 3 is 2.76 bits per heavy atom. The van der Waals surface area contributed by atoms with Crippen LogP contribution in [0.1, 0.15) is 46.1 Å². The first kappa shape index (κ1) is 21.0. The van der Waals surface area contributed by atoms with Gasteiger partial charge < -0.3 is 9.72 Å². The molecule has 1 atom stereocenters. The second-order valence-corrected chi connectivity index (χ2v) is 8.73. The lowest BCUT2D eigenvalue weighted by molar-refractivity contribution is 0.0955. The minimum atomic E-state index is -0.213. The van der Waals surface area contributed by atoms with Gasteiger partial charge in [-0.25, -0.2) is 5.43 Å². The summed E-state index contributed by atoms with van der Waals surface area (Å²) in [6.45, 7) is 2.81. The van der Waals surface area contributed by atoms with Gasteiger partial charge in [0.2, 0.25) is 0 Å². The molecule has 5 nitrogen and oxygen atoms in total. The van der Waals surface area contributed by atoms with Crippen molar-refractivity contribution < 1.29 is 9.53 Å². The number of carbonyl (C=O) groups excluding carboxylic acids is 1. The number of hydrogen-bond donors (Lipinski definition) is 2. The smallest absolute Gasteiger partial charge is 0.271 e. The Kier molecular flexibility index (Phi) is 5.94. The van der Waals surface area contributed by atoms with Crippen molar-refractivity contribution in [3.63, 3.8) is 0 Å². The van der Waals surface area contributed by atoms with Crippen LogP contribution in [0.2, 0.25) is 0 Å². The number of H-pyrrole nitrogens is 1. The molecule has 0 spiro atoms. The first-order valence-electron chi connectivity index (χ1n) is 11.4. The maximum absolute atomic E-state index is 12.7. The zero-order chi connectivity index (χ0) is 22.6. The molecule has 2 N–H and O–H groups in total. The molecule has 3 aromatic carbocycles. The highest BCUT2D eigenvalue weighted by atomic mass is 16.5. The van der Waals surface area contributed by atoms with Crippen LogP contribution in [-0.4, -0.2) is 17.1 Å². The first-order valence-corrected chi connectivity index (χ1v) is 11.4. The molecular formula is C28H27N3O2. The fourth-order valence-corrected chi connectivity index (χ4v) is 4.35. The normalized spacial score (nSPS) is 15.5. The molecule has 1 unspecified atom stereocenters. The molecule has 5 heteroatoms. The van der Waals surface area contributed by atoms with Gasteiger partial charge >= 0.3 is 0 Å². The third-order valence-electron chi connectivity index (χ3n) is 6.20. The van der Waals surface area contributed by atoms with Crippen molar-refractivity contribution in [3.8, 4) is 5.75 Å². The summed E-state index contributed by atoms with van der Waals surface area (Å²) >= 11 is 0. The Bertz CT molecular complexity index is 1290. The summed E-state index contributed by atoms with van der Waals surface area (Å²) in [5.41, 5.74) is 9.04. The highest BCUT2D eigenvalue weighted by molar-refractivity contribution is 5.99. The molecule has 0 aliphatic heterocycles. The van der Waals surface area contributed by atoms with E-state index in [2.05, 4.69) is 22.4 Å². The number of ether oxygens (including phenoxy) is 1. The van der Waals surface area contributed by atoms with Gasteiger partial charge in [0.05, 0.1) is 6.21 Å². The van der Waals surface area contributed by atoms with E-state index < -0.39 is 0 Å². The Hall–Kier alpha value is -3.86. The molecule has 1 amide bonds. The van der Waals surface area contributed by atoms with Gasteiger partial charge in [0.1, 0.15) is 12.4 Å². The summed E-state index contributed by atoms with van der Waals surface area (Å²) in [5.74, 6) is 1.25. The number of aromatic nitrogens is 1. The molecule has 33 heavy (non-hydrogen) atoms. The molecule has 1 heterocycles. The average Bonchev–Trinajstić information content (AvgIpc) is 3.21. The van der Waals surface area contributed by atoms with E-state index in [1.165, 1.54) is 17.7 Å². The van der Waals surface area contributed by atoms with Crippen LogP contribution in [0.4, 0.5) is 0 Å². The Morgan fingerprint density at radius 1 is 1.12 bits per heavy atom. The molecule has 166 valence electrons. The number of carbonyl (C=O) groups is 1. The number of aryl methyl sites for hydroxylation is 1. The lowest BCUT2D eigenvalue weighted by Crippen LogP contribution is -2.17. The predicted octanol–water partition coefficient (Wildman–Crippen LogP) is 5.64. The summed E-state index contributed by atoms with van der Waals surface area (Å²) in [4.78, 5) is 16.2. The number of hydrazone groups is 1. The van der Waals surface area contributed by atoms with Crippen LogP contribution < -0.4 is 10.2 Å². The van der Waals surface area contributed by atoms with Crippen molar-refractivity contribution in [1.29, 1.82) is 0 Å². The molecular weight excluding hydrogens is 410 g/mol. The summed E-state index contributed by atoms with van der Waals surface area (Å²) < 4.78 is 5.81. The predicted molar refractivity (Wildman–Crippen MR) is 132 cm³/mol. The number of fused-ring (bicyclic) bond motifs is 3. The van der Waals surface area contributed by atoms with Gasteiger partial charge in [-0.05, 0) is 84.3 Å². The molecule has 0 fully saturated rings. The van der Waals surface area contributed by atoms with E-state index in [1.54, 1.807) is 6.21 Å². The highest BCUT2D eigenvalue weighted by Gasteiger charge is 2.20. The summed E-state index contributed by atoms with van der Waals surface area (Å²) in [7, 11) is 0. The maximum Gasteiger partial charge on any atom is 0.271 e. The van der Waals surface area contributed by atoms with Gasteiger partial charge in [-0.2, -0.15) is 5.10 Å². The number of hydrogen-bond acceptors (Lipinski definition) is 3. The fraction of sp³-hybridized carbons (Fsp3) is 0.214. The Balaban J connectivity index is 1.20. The Labute approximate surface area is 193 Å². The zero-order valence-electron chi connectivity index (χ0n) is 18.7. The summed E-state index contributed by atoms with van der Waals surface area (Å²) in [6.07, 6.45) is 4.98. The number of nitrogens with one attached hydrogen (secondary N) is 2. The Morgan fingerprint density at radius 2 is 1.94 bits per heavy atom. The molecule has 1 aliphatic carbocycles. The van der Waals surface area contributed by atoms with Crippen LogP contribution in [0.15, 0.2) is 77.9 Å². The van der Waals surface area contributed by atoms with Crippen molar-refractivity contribution >= 4 is 23.0 Å². The number of aromatic amines is 1. The number of amides is 1. The quantitative estimate of drug-likeness (QED) is 0.303. The van der Waals surface area contributed by atoms with Crippen molar-refractivity contribution in [1.82, 2.24) is 10.4 Å². The van der Waals surface area contributed by atoms with Crippen LogP contribution in [0, 0.1) is 5.92 Å². The minimum Gasteiger partial charge on any atom is -0.489 e. The van der Waals surface area contributed by atoms with Gasteiger partial charge in [-0.3, -0.25) is 4.79 Å². The third-order valence-corrected chi connectivity index (χ3v) is 6.20. The van der Waals surface area contributed by atoms with Crippen molar-refractivity contribution in [2.24, 2.45) is 11.0 Å². The van der Waals surface area contributed by atoms with Gasteiger partial charge in [0.15, 0.2) is 0 Å². The van der Waals surface area contributed by atoms with E-state index in [4.69, 9.17) is 4.74 Å². The molecule has 0 bridgehead atoms. The molecule has 1 aliphatic rings. The maximum atomic E-state index is 12.7. The van der Waals surface area contributed by atoms with Crippen LogP contribution in [0.25, 0.3) is 10.9 Å². The molecule has 0 radical (unpaired) electrons. The second-order valence-electron chi connectivity index (χ2n) is 8.73. The van der Waals surface area contributed by atoms with Crippen molar-refractivity contribution in [2.75, 3.05) is 0 Å². The first-order chi connectivity index (χ1) is 16.2. The van der Waals surface area contributed by atoms with E-state index in [1.807, 2.05) is 72.8 Å². The van der Waals surface area contributed by atoms with E-state index in [0.717, 1.165) is 40.6 Å². The van der Waals surface area contributed by atoms with Crippen molar-refractivity contribution in [2.45, 2.75) is 32.8 Å². The molecule has 0 saturated heterocycles. The number of benzene rings is 3. The van der Waals surface area contributed by atoms with Crippen LogP contribution in [-0.2, 0) is 19.4 Å². The minimum absolute atomic E-state index is 0.213. The van der Waals surface area contributed by atoms with Crippen LogP contribution >= 0.6 is 0 Å². The molecule has 1 aromatic heterocycles. The third kappa shape index (κ3) is 4.82.